The molecule has 0 radical (unpaired) electrons. The van der Waals surface area contributed by atoms with Crippen LogP contribution < -0.4 is 0 Å². The highest BCUT2D eigenvalue weighted by Gasteiger charge is 2.17. The molecule has 0 aromatic heterocycles. The van der Waals surface area contributed by atoms with Gasteiger partial charge in [-0.25, -0.2) is 0 Å². The molecule has 1 nitrogen and oxygen atoms in total. The topological polar surface area (TPSA) is 9.23 Å². The highest BCUT2D eigenvalue weighted by Crippen LogP contribution is 2.16. The minimum absolute atomic E-state index is 0.539. The molecule has 1 aliphatic carbocycles. The van der Waals surface area contributed by atoms with Crippen LogP contribution in [-0.2, 0) is 4.74 Å². The van der Waals surface area contributed by atoms with Gasteiger partial charge in [0.2, 0.25) is 0 Å². The number of rotatable bonds is 3. The fourth-order valence-electron chi connectivity index (χ4n) is 1.02. The van der Waals surface area contributed by atoms with Crippen LogP contribution in [0.1, 0.15) is 6.92 Å². The summed E-state index contributed by atoms with van der Waals surface area (Å²) in [6.07, 6.45) is 7.47. The largest absolute Gasteiger partial charge is 0.452 e. The molecule has 0 unspecified atom stereocenters. The van der Waals surface area contributed by atoms with Crippen LogP contribution in [-0.4, -0.2) is 15.3 Å². The van der Waals surface area contributed by atoms with Crippen molar-refractivity contribution in [3.05, 3.63) is 35.6 Å². The minimum Gasteiger partial charge on any atom is -0.452 e. The lowest BCUT2D eigenvalue weighted by Gasteiger charge is -2.13. The van der Waals surface area contributed by atoms with E-state index in [9.17, 15) is 0 Å². The molecular weight excluding hydrogens is 232 g/mol. The fourth-order valence-corrected chi connectivity index (χ4v) is 1.59. The maximum absolute atomic E-state index is 5.18. The van der Waals surface area contributed by atoms with Crippen molar-refractivity contribution in [1.82, 2.24) is 0 Å². The van der Waals surface area contributed by atoms with Gasteiger partial charge in [-0.2, -0.15) is 0 Å². The molecular formula is C10H8OS3. The third-order valence-electron chi connectivity index (χ3n) is 1.63. The van der Waals surface area contributed by atoms with Gasteiger partial charge in [-0.05, 0) is 36.9 Å². The number of hydrogen-bond acceptors (Lipinski definition) is 4. The van der Waals surface area contributed by atoms with Gasteiger partial charge in [-0.15, -0.1) is 0 Å². The van der Waals surface area contributed by atoms with Crippen molar-refractivity contribution in [2.24, 2.45) is 0 Å². The summed E-state index contributed by atoms with van der Waals surface area (Å²) in [6, 6.07) is 0. The average Bonchev–Trinajstić information content (AvgIpc) is 2.18. The number of allylic oxidation sites excluding steroid dienone is 6. The van der Waals surface area contributed by atoms with Crippen LogP contribution in [0.5, 0.6) is 0 Å². The van der Waals surface area contributed by atoms with Crippen LogP contribution in [0.4, 0.5) is 0 Å². The molecule has 0 heterocycles. The fraction of sp³-hybridized carbons (Fsp3) is 0.100. The summed E-state index contributed by atoms with van der Waals surface area (Å²) in [5.74, 6) is 0.549. The number of ether oxygens (including phenoxy) is 1. The second kappa shape index (κ2) is 5.24. The molecule has 0 saturated heterocycles. The van der Waals surface area contributed by atoms with Gasteiger partial charge in [-0.3, -0.25) is 0 Å². The minimum atomic E-state index is 0.539. The summed E-state index contributed by atoms with van der Waals surface area (Å²) in [5, 5.41) is 0. The van der Waals surface area contributed by atoms with Gasteiger partial charge in [0.05, 0.1) is 9.73 Å². The van der Waals surface area contributed by atoms with Crippen molar-refractivity contribution in [3.8, 4) is 0 Å². The lowest BCUT2D eigenvalue weighted by molar-refractivity contribution is 0.478. The van der Waals surface area contributed by atoms with E-state index < -0.39 is 0 Å². The first-order valence-electron chi connectivity index (χ1n) is 3.94. The summed E-state index contributed by atoms with van der Waals surface area (Å²) in [6.45, 7) is 1.93. The van der Waals surface area contributed by atoms with Crippen molar-refractivity contribution >= 4 is 51.9 Å². The second-order valence-corrected chi connectivity index (χ2v) is 3.53. The molecule has 0 aliphatic heterocycles. The molecule has 0 bridgehead atoms. The van der Waals surface area contributed by atoms with Crippen molar-refractivity contribution in [2.75, 3.05) is 0 Å². The second-order valence-electron chi connectivity index (χ2n) is 2.53. The molecule has 0 saturated carbocycles. The predicted octanol–water partition coefficient (Wildman–Crippen LogP) is 3.10. The van der Waals surface area contributed by atoms with Crippen molar-refractivity contribution in [1.29, 1.82) is 0 Å². The Labute approximate surface area is 99.1 Å². The Balaban J connectivity index is 3.01. The van der Waals surface area contributed by atoms with Gasteiger partial charge >= 0.3 is 0 Å². The van der Waals surface area contributed by atoms with E-state index in [0.29, 0.717) is 15.5 Å². The van der Waals surface area contributed by atoms with Gasteiger partial charge in [0.1, 0.15) is 5.76 Å². The summed E-state index contributed by atoms with van der Waals surface area (Å²) < 4.78 is 5.05. The quantitative estimate of drug-likeness (QED) is 0.701. The van der Waals surface area contributed by atoms with E-state index in [1.165, 1.54) is 5.55 Å². The zero-order valence-electron chi connectivity index (χ0n) is 7.52. The Morgan fingerprint density at radius 2 is 1.93 bits per heavy atom. The Bertz CT molecular complexity index is 375. The van der Waals surface area contributed by atoms with E-state index in [0.717, 1.165) is 5.57 Å². The van der Waals surface area contributed by atoms with Crippen molar-refractivity contribution in [3.63, 3.8) is 0 Å². The maximum atomic E-state index is 5.18. The third-order valence-corrected chi connectivity index (χ3v) is 2.70. The molecule has 1 aliphatic rings. The van der Waals surface area contributed by atoms with Gasteiger partial charge in [0.25, 0.3) is 0 Å². The van der Waals surface area contributed by atoms with E-state index in [1.807, 2.05) is 25.2 Å². The zero-order valence-corrected chi connectivity index (χ0v) is 9.97. The van der Waals surface area contributed by atoms with Crippen molar-refractivity contribution in [2.45, 2.75) is 6.92 Å². The molecule has 0 spiro atoms. The van der Waals surface area contributed by atoms with Crippen molar-refractivity contribution < 1.29 is 4.74 Å². The Hall–Kier alpha value is -0.710. The highest BCUT2D eigenvalue weighted by molar-refractivity contribution is 7.90. The average molecular weight is 240 g/mol. The summed E-state index contributed by atoms with van der Waals surface area (Å²) >= 11 is 14.9. The van der Waals surface area contributed by atoms with E-state index >= 15 is 0 Å². The van der Waals surface area contributed by atoms with Crippen LogP contribution in [0.25, 0.3) is 0 Å². The lowest BCUT2D eigenvalue weighted by atomic mass is 10.0. The number of thiocarbonyl (C=S) groups is 3. The monoisotopic (exact) mass is 240 g/mol. The molecule has 1 rings (SSSR count). The normalized spacial score (nSPS) is 16.6. The maximum Gasteiger partial charge on any atom is 0.154 e. The van der Waals surface area contributed by atoms with Crippen LogP contribution in [0, 0.1) is 0 Å². The van der Waals surface area contributed by atoms with E-state index in [-0.39, 0.29) is 0 Å². The zero-order chi connectivity index (χ0) is 10.6. The van der Waals surface area contributed by atoms with E-state index in [2.05, 4.69) is 12.2 Å². The molecule has 0 fully saturated rings. The van der Waals surface area contributed by atoms with Gasteiger partial charge in [-0.1, -0.05) is 36.6 Å². The lowest BCUT2D eigenvalue weighted by Crippen LogP contribution is -2.18. The SMILES string of the molecule is CC=CC1=CC=C(OC=S)C(=S)C1=S. The van der Waals surface area contributed by atoms with E-state index in [4.69, 9.17) is 29.2 Å². The highest BCUT2D eigenvalue weighted by atomic mass is 32.1. The first-order chi connectivity index (χ1) is 6.70. The molecule has 0 aromatic rings. The Kier molecular flexibility index (Phi) is 4.25. The summed E-state index contributed by atoms with van der Waals surface area (Å²) in [7, 11) is 0. The standard InChI is InChI=1S/C10H8OS3/c1-2-3-7-4-5-8(11-6-12)10(14)9(7)13/h2-6H,1H3. The summed E-state index contributed by atoms with van der Waals surface area (Å²) in [5.41, 5.74) is 2.11. The number of hydrogen-bond donors (Lipinski definition) is 0. The predicted molar refractivity (Wildman–Crippen MR) is 70.9 cm³/mol. The molecule has 4 heteroatoms. The van der Waals surface area contributed by atoms with Gasteiger partial charge in [0.15, 0.2) is 5.55 Å². The molecule has 0 aromatic carbocycles. The van der Waals surface area contributed by atoms with Crippen LogP contribution in [0.2, 0.25) is 0 Å². The van der Waals surface area contributed by atoms with Gasteiger partial charge < -0.3 is 4.74 Å². The first-order valence-corrected chi connectivity index (χ1v) is 5.23. The molecule has 72 valence electrons. The Morgan fingerprint density at radius 1 is 1.21 bits per heavy atom. The molecule has 0 N–H and O–H groups in total. The molecule has 14 heavy (non-hydrogen) atoms. The smallest absolute Gasteiger partial charge is 0.154 e. The van der Waals surface area contributed by atoms with Crippen LogP contribution in [0.3, 0.4) is 0 Å². The van der Waals surface area contributed by atoms with Crippen LogP contribution >= 0.6 is 36.7 Å². The van der Waals surface area contributed by atoms with Gasteiger partial charge in [0, 0.05) is 0 Å². The van der Waals surface area contributed by atoms with Crippen LogP contribution in [0.15, 0.2) is 35.6 Å². The first kappa shape index (κ1) is 11.4. The Morgan fingerprint density at radius 3 is 2.50 bits per heavy atom. The third kappa shape index (κ3) is 2.41. The van der Waals surface area contributed by atoms with E-state index in [1.54, 1.807) is 6.08 Å². The molecule has 0 amide bonds. The molecule has 0 atom stereocenters. The summed E-state index contributed by atoms with van der Waals surface area (Å²) in [4.78, 5) is 1.17.